The van der Waals surface area contributed by atoms with Crippen LogP contribution in [0.15, 0.2) is 48.5 Å². The maximum absolute atomic E-state index is 12.7. The van der Waals surface area contributed by atoms with Gasteiger partial charge in [-0.05, 0) is 55.5 Å². The number of aryl methyl sites for hydroxylation is 1. The lowest BCUT2D eigenvalue weighted by Gasteiger charge is -2.30. The van der Waals surface area contributed by atoms with Crippen LogP contribution in [0.5, 0.6) is 0 Å². The van der Waals surface area contributed by atoms with Gasteiger partial charge in [0, 0.05) is 29.9 Å². The van der Waals surface area contributed by atoms with Crippen LogP contribution >= 0.6 is 0 Å². The number of carbonyl (C=O) groups excluding carboxylic acids is 2. The van der Waals surface area contributed by atoms with E-state index in [0.29, 0.717) is 22.7 Å². The maximum Gasteiger partial charge on any atom is 0.255 e. The average molecular weight is 336 g/mol. The Hall–Kier alpha value is -2.62. The van der Waals surface area contributed by atoms with Gasteiger partial charge in [-0.2, -0.15) is 0 Å². The van der Waals surface area contributed by atoms with E-state index in [-0.39, 0.29) is 11.8 Å². The molecule has 1 aliphatic heterocycles. The number of nitrogens with zero attached hydrogens (tertiary/aromatic N) is 1. The molecule has 0 spiro atoms. The molecule has 2 aromatic carbocycles. The number of nitrogens with one attached hydrogen (secondary N) is 1. The van der Waals surface area contributed by atoms with Crippen molar-refractivity contribution in [2.24, 2.45) is 5.92 Å². The van der Waals surface area contributed by atoms with E-state index < -0.39 is 0 Å². The van der Waals surface area contributed by atoms with Crippen molar-refractivity contribution in [3.05, 3.63) is 65.2 Å². The molecule has 1 aliphatic rings. The van der Waals surface area contributed by atoms with Crippen molar-refractivity contribution in [3.8, 4) is 0 Å². The maximum atomic E-state index is 12.7. The molecule has 0 bridgehead atoms. The van der Waals surface area contributed by atoms with Gasteiger partial charge in [0.1, 0.15) is 0 Å². The number of benzene rings is 2. The Kier molecular flexibility index (Phi) is 5.17. The number of hydrogen-bond acceptors (Lipinski definition) is 2. The van der Waals surface area contributed by atoms with E-state index in [1.165, 1.54) is 0 Å². The molecule has 2 aromatic rings. The lowest BCUT2D eigenvalue weighted by atomic mass is 9.98. The molecule has 130 valence electrons. The highest BCUT2D eigenvalue weighted by atomic mass is 16.2. The SMILES string of the molecule is Cc1ccccc1C(=O)Nc1cccc(C(=O)N2CCC(C)CC2)c1. The molecular weight excluding hydrogens is 312 g/mol. The van der Waals surface area contributed by atoms with E-state index in [4.69, 9.17) is 0 Å². The number of rotatable bonds is 3. The second kappa shape index (κ2) is 7.51. The molecule has 4 nitrogen and oxygen atoms in total. The zero-order valence-corrected chi connectivity index (χ0v) is 14.8. The summed E-state index contributed by atoms with van der Waals surface area (Å²) in [4.78, 5) is 27.0. The van der Waals surface area contributed by atoms with Gasteiger partial charge in [0.05, 0.1) is 0 Å². The summed E-state index contributed by atoms with van der Waals surface area (Å²) in [5.41, 5.74) is 2.83. The van der Waals surface area contributed by atoms with Crippen LogP contribution in [-0.4, -0.2) is 29.8 Å². The van der Waals surface area contributed by atoms with Gasteiger partial charge in [-0.15, -0.1) is 0 Å². The van der Waals surface area contributed by atoms with Crippen LogP contribution < -0.4 is 5.32 Å². The molecule has 0 saturated carbocycles. The van der Waals surface area contributed by atoms with Crippen LogP contribution in [0.4, 0.5) is 5.69 Å². The molecule has 1 N–H and O–H groups in total. The first-order valence-electron chi connectivity index (χ1n) is 8.81. The standard InChI is InChI=1S/C21H24N2O2/c1-15-10-12-23(13-11-15)21(25)17-7-5-8-18(14-17)22-20(24)19-9-4-3-6-16(19)2/h3-9,14-15H,10-13H2,1-2H3,(H,22,24). The number of likely N-dealkylation sites (tertiary alicyclic amines) is 1. The number of piperidine rings is 1. The van der Waals surface area contributed by atoms with Crippen molar-refractivity contribution in [2.45, 2.75) is 26.7 Å². The fourth-order valence-electron chi connectivity index (χ4n) is 3.15. The van der Waals surface area contributed by atoms with Crippen molar-refractivity contribution in [2.75, 3.05) is 18.4 Å². The summed E-state index contributed by atoms with van der Waals surface area (Å²) in [5.74, 6) is 0.567. The van der Waals surface area contributed by atoms with Gasteiger partial charge in [0.2, 0.25) is 0 Å². The Balaban J connectivity index is 1.72. The minimum absolute atomic E-state index is 0.0406. The first-order chi connectivity index (χ1) is 12.0. The summed E-state index contributed by atoms with van der Waals surface area (Å²) in [5, 5.41) is 2.89. The zero-order valence-electron chi connectivity index (χ0n) is 14.8. The normalized spacial score (nSPS) is 15.0. The van der Waals surface area contributed by atoms with Crippen LogP contribution in [0.1, 0.15) is 46.0 Å². The Bertz CT molecular complexity index is 777. The largest absolute Gasteiger partial charge is 0.339 e. The van der Waals surface area contributed by atoms with E-state index in [2.05, 4.69) is 12.2 Å². The molecule has 1 saturated heterocycles. The molecule has 4 heteroatoms. The molecule has 0 unspecified atom stereocenters. The quantitative estimate of drug-likeness (QED) is 0.916. The van der Waals surface area contributed by atoms with Crippen molar-refractivity contribution in [1.82, 2.24) is 4.90 Å². The zero-order chi connectivity index (χ0) is 17.8. The highest BCUT2D eigenvalue weighted by molar-refractivity contribution is 6.06. The summed E-state index contributed by atoms with van der Waals surface area (Å²) in [6, 6.07) is 14.7. The van der Waals surface area contributed by atoms with Crippen LogP contribution in [0.2, 0.25) is 0 Å². The smallest absolute Gasteiger partial charge is 0.255 e. The highest BCUT2D eigenvalue weighted by Crippen LogP contribution is 2.20. The number of hydrogen-bond donors (Lipinski definition) is 1. The summed E-state index contributed by atoms with van der Waals surface area (Å²) in [6.45, 7) is 5.75. The van der Waals surface area contributed by atoms with Gasteiger partial charge >= 0.3 is 0 Å². The Labute approximate surface area is 148 Å². The Morgan fingerprint density at radius 3 is 2.48 bits per heavy atom. The van der Waals surface area contributed by atoms with Gasteiger partial charge < -0.3 is 10.2 Å². The third kappa shape index (κ3) is 4.08. The minimum Gasteiger partial charge on any atom is -0.339 e. The van der Waals surface area contributed by atoms with Crippen molar-refractivity contribution >= 4 is 17.5 Å². The predicted molar refractivity (Wildman–Crippen MR) is 99.9 cm³/mol. The van der Waals surface area contributed by atoms with E-state index in [9.17, 15) is 9.59 Å². The van der Waals surface area contributed by atoms with Gasteiger partial charge in [-0.3, -0.25) is 9.59 Å². The van der Waals surface area contributed by atoms with Crippen LogP contribution in [0, 0.1) is 12.8 Å². The van der Waals surface area contributed by atoms with E-state index in [0.717, 1.165) is 31.5 Å². The van der Waals surface area contributed by atoms with Gasteiger partial charge in [-0.1, -0.05) is 31.2 Å². The molecule has 0 radical (unpaired) electrons. The molecule has 1 fully saturated rings. The monoisotopic (exact) mass is 336 g/mol. The fourth-order valence-corrected chi connectivity index (χ4v) is 3.15. The lowest BCUT2D eigenvalue weighted by molar-refractivity contribution is 0.0697. The summed E-state index contributed by atoms with van der Waals surface area (Å²) in [6.07, 6.45) is 2.10. The van der Waals surface area contributed by atoms with Crippen molar-refractivity contribution < 1.29 is 9.59 Å². The number of anilines is 1. The highest BCUT2D eigenvalue weighted by Gasteiger charge is 2.21. The second-order valence-electron chi connectivity index (χ2n) is 6.82. The first-order valence-corrected chi connectivity index (χ1v) is 8.81. The van der Waals surface area contributed by atoms with E-state index in [1.54, 1.807) is 12.1 Å². The van der Waals surface area contributed by atoms with Crippen LogP contribution in [0.25, 0.3) is 0 Å². The average Bonchev–Trinajstić information content (AvgIpc) is 2.62. The molecule has 0 aliphatic carbocycles. The van der Waals surface area contributed by atoms with Gasteiger partial charge in [0.15, 0.2) is 0 Å². The number of carbonyl (C=O) groups is 2. The molecule has 1 heterocycles. The summed E-state index contributed by atoms with van der Waals surface area (Å²) in [7, 11) is 0. The topological polar surface area (TPSA) is 49.4 Å². The third-order valence-corrected chi connectivity index (χ3v) is 4.83. The molecular formula is C21H24N2O2. The van der Waals surface area contributed by atoms with E-state index >= 15 is 0 Å². The van der Waals surface area contributed by atoms with Gasteiger partial charge in [0.25, 0.3) is 11.8 Å². The van der Waals surface area contributed by atoms with E-state index in [1.807, 2.05) is 48.2 Å². The lowest BCUT2D eigenvalue weighted by Crippen LogP contribution is -2.37. The molecule has 25 heavy (non-hydrogen) atoms. The Morgan fingerprint density at radius 2 is 1.76 bits per heavy atom. The fraction of sp³-hybridized carbons (Fsp3) is 0.333. The molecule has 0 atom stereocenters. The second-order valence-corrected chi connectivity index (χ2v) is 6.82. The van der Waals surface area contributed by atoms with Crippen molar-refractivity contribution in [1.29, 1.82) is 0 Å². The first kappa shape index (κ1) is 17.2. The van der Waals surface area contributed by atoms with Crippen molar-refractivity contribution in [3.63, 3.8) is 0 Å². The molecule has 0 aromatic heterocycles. The minimum atomic E-state index is -0.158. The molecule has 2 amide bonds. The van der Waals surface area contributed by atoms with Crippen LogP contribution in [-0.2, 0) is 0 Å². The third-order valence-electron chi connectivity index (χ3n) is 4.83. The van der Waals surface area contributed by atoms with Crippen LogP contribution in [0.3, 0.4) is 0 Å². The predicted octanol–water partition coefficient (Wildman–Crippen LogP) is 4.12. The summed E-state index contributed by atoms with van der Waals surface area (Å²) < 4.78 is 0. The number of amides is 2. The Morgan fingerprint density at radius 1 is 1.04 bits per heavy atom. The molecule has 3 rings (SSSR count). The van der Waals surface area contributed by atoms with Gasteiger partial charge in [-0.25, -0.2) is 0 Å². The summed E-state index contributed by atoms with van der Waals surface area (Å²) >= 11 is 0.